The highest BCUT2D eigenvalue weighted by Gasteiger charge is 2.36. The van der Waals surface area contributed by atoms with Gasteiger partial charge in [0.05, 0.1) is 17.9 Å². The van der Waals surface area contributed by atoms with Gasteiger partial charge in [-0.2, -0.15) is 0 Å². The van der Waals surface area contributed by atoms with Gasteiger partial charge < -0.3 is 15.3 Å². The molecule has 0 aromatic heterocycles. The minimum Gasteiger partial charge on any atom is -0.481 e. The number of carboxylic acids is 2. The molecule has 0 aromatic carbocycles. The number of aliphatic hydroxyl groups is 1. The molecule has 3 N–H and O–H groups in total. The van der Waals surface area contributed by atoms with Gasteiger partial charge in [-0.05, 0) is 13.8 Å². The van der Waals surface area contributed by atoms with Crippen molar-refractivity contribution in [2.24, 2.45) is 5.41 Å². The van der Waals surface area contributed by atoms with Gasteiger partial charge in [0.15, 0.2) is 0 Å². The monoisotopic (exact) mass is 176 g/mol. The molecule has 0 bridgehead atoms. The minimum absolute atomic E-state index is 0.556. The molecule has 0 fully saturated rings. The number of hydrogen-bond acceptors (Lipinski definition) is 3. The minimum atomic E-state index is -1.42. The van der Waals surface area contributed by atoms with Crippen molar-refractivity contribution in [3.05, 3.63) is 0 Å². The smallest absolute Gasteiger partial charge is 0.311 e. The fraction of sp³-hybridized carbons (Fsp3) is 0.714. The lowest BCUT2D eigenvalue weighted by Crippen LogP contribution is -2.38. The van der Waals surface area contributed by atoms with Crippen molar-refractivity contribution in [2.45, 2.75) is 26.4 Å². The molecule has 0 heterocycles. The maximum absolute atomic E-state index is 10.5. The van der Waals surface area contributed by atoms with E-state index in [1.54, 1.807) is 0 Å². The van der Waals surface area contributed by atoms with Gasteiger partial charge in [0.25, 0.3) is 0 Å². The van der Waals surface area contributed by atoms with Crippen LogP contribution in [0.3, 0.4) is 0 Å². The molecule has 5 nitrogen and oxygen atoms in total. The lowest BCUT2D eigenvalue weighted by molar-refractivity contribution is -0.156. The molecule has 0 aliphatic heterocycles. The summed E-state index contributed by atoms with van der Waals surface area (Å²) in [7, 11) is 0. The van der Waals surface area contributed by atoms with Crippen molar-refractivity contribution in [3.63, 3.8) is 0 Å². The first kappa shape index (κ1) is 10.9. The third kappa shape index (κ3) is 2.50. The van der Waals surface area contributed by atoms with E-state index in [4.69, 9.17) is 15.3 Å². The highest BCUT2D eigenvalue weighted by Crippen LogP contribution is 2.22. The average molecular weight is 176 g/mol. The maximum Gasteiger partial charge on any atom is 0.311 e. The molecular weight excluding hydrogens is 164 g/mol. The molecule has 0 aliphatic carbocycles. The Hall–Kier alpha value is -1.10. The van der Waals surface area contributed by atoms with Crippen LogP contribution in [0.15, 0.2) is 0 Å². The van der Waals surface area contributed by atoms with Crippen LogP contribution in [-0.4, -0.2) is 33.4 Å². The topological polar surface area (TPSA) is 94.8 Å². The molecule has 0 rings (SSSR count). The Kier molecular flexibility index (Phi) is 3.21. The van der Waals surface area contributed by atoms with Crippen molar-refractivity contribution in [2.75, 3.05) is 0 Å². The van der Waals surface area contributed by atoms with Crippen LogP contribution in [0.1, 0.15) is 20.3 Å². The van der Waals surface area contributed by atoms with Crippen LogP contribution in [0, 0.1) is 5.41 Å². The SMILES string of the molecule is CC(C)(C(=O)O)[C@@H](O)CC(=O)O. The van der Waals surface area contributed by atoms with E-state index in [9.17, 15) is 9.59 Å². The zero-order valence-corrected chi connectivity index (χ0v) is 6.94. The van der Waals surface area contributed by atoms with Crippen molar-refractivity contribution in [3.8, 4) is 0 Å². The summed E-state index contributed by atoms with van der Waals surface area (Å²) < 4.78 is 0. The number of hydrogen-bond donors (Lipinski definition) is 3. The van der Waals surface area contributed by atoms with E-state index in [-0.39, 0.29) is 0 Å². The first-order valence-electron chi connectivity index (χ1n) is 3.41. The van der Waals surface area contributed by atoms with Crippen molar-refractivity contribution in [1.82, 2.24) is 0 Å². The molecule has 0 amide bonds. The predicted octanol–water partition coefficient (Wildman–Crippen LogP) is -0.0672. The van der Waals surface area contributed by atoms with Gasteiger partial charge >= 0.3 is 11.9 Å². The Morgan fingerprint density at radius 3 is 2.00 bits per heavy atom. The van der Waals surface area contributed by atoms with E-state index in [1.807, 2.05) is 0 Å². The Morgan fingerprint density at radius 1 is 1.33 bits per heavy atom. The second-order valence-corrected chi connectivity index (χ2v) is 3.14. The van der Waals surface area contributed by atoms with Gasteiger partial charge in [0, 0.05) is 0 Å². The summed E-state index contributed by atoms with van der Waals surface area (Å²) in [5, 5.41) is 26.0. The van der Waals surface area contributed by atoms with Crippen LogP contribution < -0.4 is 0 Å². The molecule has 0 aliphatic rings. The van der Waals surface area contributed by atoms with Crippen molar-refractivity contribution < 1.29 is 24.9 Å². The fourth-order valence-corrected chi connectivity index (χ4v) is 0.563. The highest BCUT2D eigenvalue weighted by molar-refractivity contribution is 5.76. The largest absolute Gasteiger partial charge is 0.481 e. The number of rotatable bonds is 4. The van der Waals surface area contributed by atoms with Gasteiger partial charge in [-0.15, -0.1) is 0 Å². The molecule has 0 aromatic rings. The van der Waals surface area contributed by atoms with E-state index in [2.05, 4.69) is 0 Å². The van der Waals surface area contributed by atoms with E-state index in [1.165, 1.54) is 13.8 Å². The van der Waals surface area contributed by atoms with Gasteiger partial charge in [-0.25, -0.2) is 0 Å². The second-order valence-electron chi connectivity index (χ2n) is 3.14. The summed E-state index contributed by atoms with van der Waals surface area (Å²) in [6.45, 7) is 2.56. The van der Waals surface area contributed by atoms with E-state index in [0.717, 1.165) is 0 Å². The highest BCUT2D eigenvalue weighted by atomic mass is 16.4. The van der Waals surface area contributed by atoms with E-state index in [0.29, 0.717) is 0 Å². The number of carbonyl (C=O) groups is 2. The molecular formula is C7H12O5. The molecule has 0 radical (unpaired) electrons. The molecule has 1 atom stereocenters. The third-order valence-electron chi connectivity index (χ3n) is 1.75. The summed E-state index contributed by atoms with van der Waals surface area (Å²) in [6.07, 6.45) is -1.92. The van der Waals surface area contributed by atoms with Crippen LogP contribution in [0.5, 0.6) is 0 Å². The molecule has 12 heavy (non-hydrogen) atoms. The molecule has 0 saturated carbocycles. The fourth-order valence-electron chi connectivity index (χ4n) is 0.563. The van der Waals surface area contributed by atoms with E-state index < -0.39 is 29.9 Å². The Labute approximate surface area is 69.6 Å². The number of carboxylic acid groups (broad SMARTS) is 2. The maximum atomic E-state index is 10.5. The normalized spacial score (nSPS) is 13.9. The molecule has 70 valence electrons. The Morgan fingerprint density at radius 2 is 1.75 bits per heavy atom. The summed E-state index contributed by atoms with van der Waals surface area (Å²) in [5.41, 5.74) is -1.42. The Balaban J connectivity index is 4.35. The summed E-state index contributed by atoms with van der Waals surface area (Å²) >= 11 is 0. The first-order valence-corrected chi connectivity index (χ1v) is 3.41. The summed E-state index contributed by atoms with van der Waals surface area (Å²) in [5.74, 6) is -2.42. The van der Waals surface area contributed by atoms with Crippen LogP contribution >= 0.6 is 0 Å². The molecule has 5 heteroatoms. The van der Waals surface area contributed by atoms with Gasteiger partial charge in [-0.1, -0.05) is 0 Å². The van der Waals surface area contributed by atoms with Crippen LogP contribution in [0.25, 0.3) is 0 Å². The van der Waals surface area contributed by atoms with Gasteiger partial charge in [-0.3, -0.25) is 9.59 Å². The molecule has 0 spiro atoms. The standard InChI is InChI=1S/C7H12O5/c1-7(2,6(11)12)4(8)3-5(9)10/h4,8H,3H2,1-2H3,(H,9,10)(H,11,12)/t4-/m0/s1. The van der Waals surface area contributed by atoms with Crippen LogP contribution in [-0.2, 0) is 9.59 Å². The van der Waals surface area contributed by atoms with Crippen molar-refractivity contribution in [1.29, 1.82) is 0 Å². The molecule has 0 unspecified atom stereocenters. The van der Waals surface area contributed by atoms with Crippen LogP contribution in [0.2, 0.25) is 0 Å². The first-order chi connectivity index (χ1) is 5.28. The number of aliphatic carboxylic acids is 2. The van der Waals surface area contributed by atoms with Crippen molar-refractivity contribution >= 4 is 11.9 Å². The third-order valence-corrected chi connectivity index (χ3v) is 1.75. The zero-order chi connectivity index (χ0) is 9.94. The lowest BCUT2D eigenvalue weighted by Gasteiger charge is -2.24. The quantitative estimate of drug-likeness (QED) is 0.557. The second kappa shape index (κ2) is 3.53. The van der Waals surface area contributed by atoms with Crippen LogP contribution in [0.4, 0.5) is 0 Å². The Bertz CT molecular complexity index is 196. The van der Waals surface area contributed by atoms with Gasteiger partial charge in [0.2, 0.25) is 0 Å². The predicted molar refractivity (Wildman–Crippen MR) is 39.7 cm³/mol. The lowest BCUT2D eigenvalue weighted by atomic mass is 9.85. The number of aliphatic hydroxyl groups excluding tert-OH is 1. The van der Waals surface area contributed by atoms with Gasteiger partial charge in [0.1, 0.15) is 0 Å². The average Bonchev–Trinajstić information content (AvgIpc) is 1.85. The zero-order valence-electron chi connectivity index (χ0n) is 6.94. The summed E-state index contributed by atoms with van der Waals surface area (Å²) in [6, 6.07) is 0. The summed E-state index contributed by atoms with van der Waals surface area (Å²) in [4.78, 5) is 20.6. The molecule has 0 saturated heterocycles. The van der Waals surface area contributed by atoms with E-state index >= 15 is 0 Å².